The molecule has 82 valence electrons. The normalized spacial score (nSPS) is 34.5. The van der Waals surface area contributed by atoms with E-state index in [0.29, 0.717) is 11.4 Å². The van der Waals surface area contributed by atoms with E-state index in [0.717, 1.165) is 5.92 Å². The van der Waals surface area contributed by atoms with Crippen LogP contribution in [-0.2, 0) is 0 Å². The molecule has 2 atom stereocenters. The molecule has 2 fully saturated rings. The summed E-state index contributed by atoms with van der Waals surface area (Å²) < 4.78 is 0. The first-order valence-electron chi connectivity index (χ1n) is 6.11. The molecule has 0 heterocycles. The molecule has 0 amide bonds. The second kappa shape index (κ2) is 4.85. The molecule has 0 aromatic heterocycles. The molecule has 2 saturated carbocycles. The molecule has 0 aromatic carbocycles. The van der Waals surface area contributed by atoms with Crippen molar-refractivity contribution in [2.75, 3.05) is 13.6 Å². The van der Waals surface area contributed by atoms with Crippen LogP contribution in [0.1, 0.15) is 44.9 Å². The molecule has 2 rings (SSSR count). The molecule has 0 saturated heterocycles. The van der Waals surface area contributed by atoms with Gasteiger partial charge in [-0.3, -0.25) is 0 Å². The maximum absolute atomic E-state index is 6.38. The summed E-state index contributed by atoms with van der Waals surface area (Å²) in [5.74, 6) is 0.978. The highest BCUT2D eigenvalue weighted by atomic mass is 35.5. The molecule has 0 radical (unpaired) electrons. The van der Waals surface area contributed by atoms with E-state index in [4.69, 9.17) is 11.6 Å². The number of hydrogen-bond acceptors (Lipinski definition) is 1. The molecule has 14 heavy (non-hydrogen) atoms. The van der Waals surface area contributed by atoms with E-state index in [1.165, 1.54) is 51.5 Å². The summed E-state index contributed by atoms with van der Waals surface area (Å²) in [6.45, 7) is 1.29. The fraction of sp³-hybridized carbons (Fsp3) is 1.00. The molecule has 1 nitrogen and oxygen atoms in total. The molecule has 2 unspecified atom stereocenters. The van der Waals surface area contributed by atoms with Crippen molar-refractivity contribution < 1.29 is 0 Å². The monoisotopic (exact) mass is 215 g/mol. The average Bonchev–Trinajstić information content (AvgIpc) is 2.12. The summed E-state index contributed by atoms with van der Waals surface area (Å²) in [6, 6.07) is 0.658. The van der Waals surface area contributed by atoms with Gasteiger partial charge < -0.3 is 4.90 Å². The topological polar surface area (TPSA) is 3.24 Å². The van der Waals surface area contributed by atoms with Gasteiger partial charge in [-0.05, 0) is 38.6 Å². The fourth-order valence-electron chi connectivity index (χ4n) is 2.78. The standard InChI is InChI=1S/C12H22ClN/c1-14(9-10-5-4-6-10)12-8-3-2-7-11(12)13/h10-12H,2-9H2,1H3. The van der Waals surface area contributed by atoms with Crippen LogP contribution in [0.25, 0.3) is 0 Å². The molecule has 2 aliphatic carbocycles. The molecular formula is C12H22ClN. The Morgan fingerprint density at radius 1 is 1.07 bits per heavy atom. The van der Waals surface area contributed by atoms with Crippen LogP contribution in [-0.4, -0.2) is 29.9 Å². The average molecular weight is 216 g/mol. The number of nitrogens with zero attached hydrogens (tertiary/aromatic N) is 1. The quantitative estimate of drug-likeness (QED) is 0.654. The fourth-order valence-corrected chi connectivity index (χ4v) is 3.25. The van der Waals surface area contributed by atoms with Crippen LogP contribution in [0.3, 0.4) is 0 Å². The van der Waals surface area contributed by atoms with Crippen molar-refractivity contribution in [3.8, 4) is 0 Å². The van der Waals surface area contributed by atoms with Crippen LogP contribution in [0.5, 0.6) is 0 Å². The Morgan fingerprint density at radius 2 is 1.79 bits per heavy atom. The Kier molecular flexibility index (Phi) is 3.73. The van der Waals surface area contributed by atoms with Crippen LogP contribution in [0.4, 0.5) is 0 Å². The van der Waals surface area contributed by atoms with E-state index >= 15 is 0 Å². The Hall–Kier alpha value is 0.250. The predicted molar refractivity (Wildman–Crippen MR) is 61.9 cm³/mol. The lowest BCUT2D eigenvalue weighted by Gasteiger charge is -2.38. The molecule has 0 N–H and O–H groups in total. The minimum Gasteiger partial charge on any atom is -0.302 e. The zero-order chi connectivity index (χ0) is 9.97. The van der Waals surface area contributed by atoms with E-state index in [1.807, 2.05) is 0 Å². The van der Waals surface area contributed by atoms with Gasteiger partial charge in [0.15, 0.2) is 0 Å². The van der Waals surface area contributed by atoms with Crippen molar-refractivity contribution in [1.82, 2.24) is 4.90 Å². The lowest BCUT2D eigenvalue weighted by atomic mass is 9.84. The van der Waals surface area contributed by atoms with Crippen molar-refractivity contribution in [2.45, 2.75) is 56.4 Å². The summed E-state index contributed by atoms with van der Waals surface area (Å²) in [7, 11) is 2.27. The van der Waals surface area contributed by atoms with E-state index in [9.17, 15) is 0 Å². The molecular weight excluding hydrogens is 194 g/mol. The smallest absolute Gasteiger partial charge is 0.0491 e. The summed E-state index contributed by atoms with van der Waals surface area (Å²) in [5, 5.41) is 0.411. The first kappa shape index (κ1) is 10.8. The van der Waals surface area contributed by atoms with Crippen LogP contribution in [0.15, 0.2) is 0 Å². The zero-order valence-corrected chi connectivity index (χ0v) is 9.97. The largest absolute Gasteiger partial charge is 0.302 e. The Morgan fingerprint density at radius 3 is 2.36 bits per heavy atom. The summed E-state index contributed by atoms with van der Waals surface area (Å²) in [4.78, 5) is 2.53. The van der Waals surface area contributed by atoms with Gasteiger partial charge >= 0.3 is 0 Å². The number of hydrogen-bond donors (Lipinski definition) is 0. The van der Waals surface area contributed by atoms with Crippen molar-refractivity contribution in [3.63, 3.8) is 0 Å². The van der Waals surface area contributed by atoms with Gasteiger partial charge in [0.25, 0.3) is 0 Å². The SMILES string of the molecule is CN(CC1CCC1)C1CCCCC1Cl. The third-order valence-electron chi connectivity index (χ3n) is 3.98. The van der Waals surface area contributed by atoms with Crippen molar-refractivity contribution in [3.05, 3.63) is 0 Å². The Labute approximate surface area is 92.8 Å². The number of halogens is 1. The Bertz CT molecular complexity index is 179. The first-order chi connectivity index (χ1) is 6.77. The van der Waals surface area contributed by atoms with Gasteiger partial charge in [0.1, 0.15) is 0 Å². The van der Waals surface area contributed by atoms with E-state index in [-0.39, 0.29) is 0 Å². The number of rotatable bonds is 3. The molecule has 0 bridgehead atoms. The van der Waals surface area contributed by atoms with Gasteiger partial charge in [-0.25, -0.2) is 0 Å². The van der Waals surface area contributed by atoms with Crippen LogP contribution in [0, 0.1) is 5.92 Å². The third-order valence-corrected chi connectivity index (χ3v) is 4.49. The van der Waals surface area contributed by atoms with Gasteiger partial charge in [0, 0.05) is 18.0 Å². The van der Waals surface area contributed by atoms with Gasteiger partial charge in [0.05, 0.1) is 0 Å². The molecule has 0 spiro atoms. The lowest BCUT2D eigenvalue weighted by molar-refractivity contribution is 0.138. The molecule has 2 aliphatic rings. The van der Waals surface area contributed by atoms with E-state index < -0.39 is 0 Å². The zero-order valence-electron chi connectivity index (χ0n) is 9.21. The molecule has 0 aliphatic heterocycles. The maximum Gasteiger partial charge on any atom is 0.0491 e. The minimum absolute atomic E-state index is 0.411. The van der Waals surface area contributed by atoms with Crippen molar-refractivity contribution >= 4 is 11.6 Å². The molecule has 2 heteroatoms. The highest BCUT2D eigenvalue weighted by molar-refractivity contribution is 6.21. The highest BCUT2D eigenvalue weighted by Crippen LogP contribution is 2.31. The third kappa shape index (κ3) is 2.43. The highest BCUT2D eigenvalue weighted by Gasteiger charge is 2.29. The predicted octanol–water partition coefficient (Wildman–Crippen LogP) is 3.27. The summed E-state index contributed by atoms with van der Waals surface area (Å²) in [5.41, 5.74) is 0. The summed E-state index contributed by atoms with van der Waals surface area (Å²) in [6.07, 6.45) is 9.60. The van der Waals surface area contributed by atoms with E-state index in [1.54, 1.807) is 0 Å². The lowest BCUT2D eigenvalue weighted by Crippen LogP contribution is -2.44. The van der Waals surface area contributed by atoms with Crippen molar-refractivity contribution in [1.29, 1.82) is 0 Å². The number of alkyl halides is 1. The Balaban J connectivity index is 1.79. The summed E-state index contributed by atoms with van der Waals surface area (Å²) >= 11 is 6.38. The van der Waals surface area contributed by atoms with Crippen LogP contribution in [0.2, 0.25) is 0 Å². The van der Waals surface area contributed by atoms with Gasteiger partial charge in [-0.2, -0.15) is 0 Å². The second-order valence-corrected chi connectivity index (χ2v) is 5.66. The first-order valence-corrected chi connectivity index (χ1v) is 6.55. The van der Waals surface area contributed by atoms with Gasteiger partial charge in [-0.15, -0.1) is 11.6 Å². The van der Waals surface area contributed by atoms with Crippen LogP contribution < -0.4 is 0 Å². The second-order valence-electron chi connectivity index (χ2n) is 5.10. The van der Waals surface area contributed by atoms with Gasteiger partial charge in [0.2, 0.25) is 0 Å². The van der Waals surface area contributed by atoms with E-state index in [2.05, 4.69) is 11.9 Å². The van der Waals surface area contributed by atoms with Crippen LogP contribution >= 0.6 is 11.6 Å². The molecule has 0 aromatic rings. The minimum atomic E-state index is 0.411. The van der Waals surface area contributed by atoms with Gasteiger partial charge in [-0.1, -0.05) is 19.3 Å². The van der Waals surface area contributed by atoms with Crippen molar-refractivity contribution in [2.24, 2.45) is 5.92 Å². The maximum atomic E-state index is 6.38.